The van der Waals surface area contributed by atoms with Gasteiger partial charge in [0.05, 0.1) is 6.04 Å². The van der Waals surface area contributed by atoms with Crippen LogP contribution in [0.4, 0.5) is 4.79 Å². The Labute approximate surface area is 257 Å². The Balaban J connectivity index is 1.12. The predicted octanol–water partition coefficient (Wildman–Crippen LogP) is 7.26. The molecule has 5 nitrogen and oxygen atoms in total. The first-order valence-corrected chi connectivity index (χ1v) is 15.7. The standard InChI is InChI=1S/C38H45N3O2/c1-30(38(43,34-18-10-4-11-19-34)35-20-12-5-13-21-35)39-37(42)40-36-24-22-31(23-25-36)26-27-41(28-32-14-6-2-7-15-32)29-33-16-8-3-9-17-33/h2-21,30-31,36,43H,22-29H2,1H3,(H2,39,40,42). The van der Waals surface area contributed by atoms with Crippen LogP contribution >= 0.6 is 0 Å². The van der Waals surface area contributed by atoms with E-state index in [0.29, 0.717) is 5.92 Å². The third-order valence-electron chi connectivity index (χ3n) is 8.94. The molecule has 224 valence electrons. The Morgan fingerprint density at radius 3 is 1.65 bits per heavy atom. The quantitative estimate of drug-likeness (QED) is 0.167. The van der Waals surface area contributed by atoms with Crippen molar-refractivity contribution < 1.29 is 9.90 Å². The number of amides is 2. The molecule has 5 heteroatoms. The maximum atomic E-state index is 13.1. The van der Waals surface area contributed by atoms with Crippen LogP contribution in [0.1, 0.15) is 61.3 Å². The lowest BCUT2D eigenvalue weighted by atomic mass is 9.81. The van der Waals surface area contributed by atoms with Gasteiger partial charge in [-0.3, -0.25) is 4.90 Å². The first-order chi connectivity index (χ1) is 21.0. The topological polar surface area (TPSA) is 64.6 Å². The number of benzene rings is 4. The van der Waals surface area contributed by atoms with Gasteiger partial charge in [-0.2, -0.15) is 0 Å². The van der Waals surface area contributed by atoms with Gasteiger partial charge in [-0.25, -0.2) is 4.79 Å². The highest BCUT2D eigenvalue weighted by molar-refractivity contribution is 5.75. The monoisotopic (exact) mass is 575 g/mol. The van der Waals surface area contributed by atoms with Gasteiger partial charge in [-0.15, -0.1) is 0 Å². The first-order valence-electron chi connectivity index (χ1n) is 15.7. The summed E-state index contributed by atoms with van der Waals surface area (Å²) in [5.41, 5.74) is 2.85. The molecule has 43 heavy (non-hydrogen) atoms. The number of carbonyl (C=O) groups is 1. The minimum Gasteiger partial charge on any atom is -0.378 e. The van der Waals surface area contributed by atoms with E-state index >= 15 is 0 Å². The van der Waals surface area contributed by atoms with Gasteiger partial charge in [0, 0.05) is 19.1 Å². The van der Waals surface area contributed by atoms with Crippen molar-refractivity contribution in [2.45, 2.75) is 69.8 Å². The number of carbonyl (C=O) groups excluding carboxylic acids is 1. The molecular formula is C38H45N3O2. The van der Waals surface area contributed by atoms with E-state index < -0.39 is 11.6 Å². The van der Waals surface area contributed by atoms with Gasteiger partial charge < -0.3 is 15.7 Å². The number of urea groups is 1. The maximum Gasteiger partial charge on any atom is 0.315 e. The van der Waals surface area contributed by atoms with Crippen LogP contribution in [-0.4, -0.2) is 34.7 Å². The van der Waals surface area contributed by atoms with E-state index in [1.807, 2.05) is 67.6 Å². The smallest absolute Gasteiger partial charge is 0.315 e. The van der Waals surface area contributed by atoms with Crippen LogP contribution in [0.5, 0.6) is 0 Å². The van der Waals surface area contributed by atoms with E-state index in [-0.39, 0.29) is 12.1 Å². The molecule has 0 spiro atoms. The normalized spacial score (nSPS) is 17.7. The zero-order valence-corrected chi connectivity index (χ0v) is 25.2. The Morgan fingerprint density at radius 1 is 0.744 bits per heavy atom. The number of hydrogen-bond acceptors (Lipinski definition) is 3. The minimum atomic E-state index is -1.34. The molecule has 4 aromatic rings. The molecule has 5 rings (SSSR count). The zero-order chi connectivity index (χ0) is 29.9. The third-order valence-corrected chi connectivity index (χ3v) is 8.94. The molecule has 0 bridgehead atoms. The van der Waals surface area contributed by atoms with E-state index in [0.717, 1.165) is 62.9 Å². The largest absolute Gasteiger partial charge is 0.378 e. The fourth-order valence-electron chi connectivity index (χ4n) is 6.44. The highest BCUT2D eigenvalue weighted by Gasteiger charge is 2.38. The zero-order valence-electron chi connectivity index (χ0n) is 25.2. The predicted molar refractivity (Wildman–Crippen MR) is 174 cm³/mol. The second-order valence-corrected chi connectivity index (χ2v) is 12.0. The Morgan fingerprint density at radius 2 is 1.19 bits per heavy atom. The number of rotatable bonds is 12. The highest BCUT2D eigenvalue weighted by atomic mass is 16.3. The molecule has 4 aromatic carbocycles. The average Bonchev–Trinajstić information content (AvgIpc) is 3.05. The van der Waals surface area contributed by atoms with Crippen molar-refractivity contribution in [3.63, 3.8) is 0 Å². The summed E-state index contributed by atoms with van der Waals surface area (Å²) >= 11 is 0. The molecule has 1 atom stereocenters. The van der Waals surface area contributed by atoms with E-state index in [9.17, 15) is 9.90 Å². The van der Waals surface area contributed by atoms with Crippen molar-refractivity contribution in [3.05, 3.63) is 144 Å². The molecule has 0 aromatic heterocycles. The van der Waals surface area contributed by atoms with Crippen LogP contribution in [0.25, 0.3) is 0 Å². The molecule has 0 radical (unpaired) electrons. The molecule has 0 heterocycles. The lowest BCUT2D eigenvalue weighted by Gasteiger charge is -2.36. The Hall–Kier alpha value is -3.93. The summed E-state index contributed by atoms with van der Waals surface area (Å²) in [6.45, 7) is 4.82. The van der Waals surface area contributed by atoms with E-state index in [2.05, 4.69) is 76.2 Å². The molecule has 1 fully saturated rings. The SMILES string of the molecule is CC(NC(=O)NC1CCC(CCN(Cc2ccccc2)Cc2ccccc2)CC1)C(O)(c1ccccc1)c1ccccc1. The van der Waals surface area contributed by atoms with Gasteiger partial charge in [0.25, 0.3) is 0 Å². The molecule has 0 aliphatic heterocycles. The van der Waals surface area contributed by atoms with Crippen LogP contribution in [0, 0.1) is 5.92 Å². The van der Waals surface area contributed by atoms with Gasteiger partial charge in [-0.1, -0.05) is 121 Å². The molecule has 2 amide bonds. The molecule has 0 saturated heterocycles. The summed E-state index contributed by atoms with van der Waals surface area (Å²) in [5.74, 6) is 0.662. The van der Waals surface area contributed by atoms with Crippen LogP contribution in [0.3, 0.4) is 0 Å². The van der Waals surface area contributed by atoms with Crippen molar-refractivity contribution in [1.29, 1.82) is 0 Å². The summed E-state index contributed by atoms with van der Waals surface area (Å²) in [6, 6.07) is 40.0. The maximum absolute atomic E-state index is 13.1. The molecular weight excluding hydrogens is 530 g/mol. The van der Waals surface area contributed by atoms with Crippen LogP contribution in [0.15, 0.2) is 121 Å². The summed E-state index contributed by atoms with van der Waals surface area (Å²) in [5, 5.41) is 18.2. The molecule has 1 saturated carbocycles. The lowest BCUT2D eigenvalue weighted by Crippen LogP contribution is -2.54. The van der Waals surface area contributed by atoms with Crippen LogP contribution in [0.2, 0.25) is 0 Å². The Bertz CT molecular complexity index is 1290. The lowest BCUT2D eigenvalue weighted by molar-refractivity contribution is 0.0470. The van der Waals surface area contributed by atoms with Crippen molar-refractivity contribution in [2.75, 3.05) is 6.54 Å². The molecule has 1 unspecified atom stereocenters. The van der Waals surface area contributed by atoms with E-state index in [1.54, 1.807) is 0 Å². The number of aliphatic hydroxyl groups is 1. The molecule has 1 aliphatic rings. The second-order valence-electron chi connectivity index (χ2n) is 12.0. The number of nitrogens with zero attached hydrogens (tertiary/aromatic N) is 1. The van der Waals surface area contributed by atoms with Gasteiger partial charge >= 0.3 is 6.03 Å². The van der Waals surface area contributed by atoms with Gasteiger partial charge in [0.15, 0.2) is 0 Å². The van der Waals surface area contributed by atoms with Gasteiger partial charge in [0.1, 0.15) is 5.60 Å². The summed E-state index contributed by atoms with van der Waals surface area (Å²) in [7, 11) is 0. The van der Waals surface area contributed by atoms with Crippen molar-refractivity contribution >= 4 is 6.03 Å². The van der Waals surface area contributed by atoms with Crippen molar-refractivity contribution in [1.82, 2.24) is 15.5 Å². The first kappa shape index (κ1) is 30.5. The number of nitrogens with one attached hydrogen (secondary N) is 2. The fourth-order valence-corrected chi connectivity index (χ4v) is 6.44. The Kier molecular flexibility index (Phi) is 10.6. The van der Waals surface area contributed by atoms with Crippen molar-refractivity contribution in [2.24, 2.45) is 5.92 Å². The van der Waals surface area contributed by atoms with Gasteiger partial charge in [0.2, 0.25) is 0 Å². The van der Waals surface area contributed by atoms with Crippen molar-refractivity contribution in [3.8, 4) is 0 Å². The fraction of sp³-hybridized carbons (Fsp3) is 0.342. The number of hydrogen-bond donors (Lipinski definition) is 3. The average molecular weight is 576 g/mol. The summed E-state index contributed by atoms with van der Waals surface area (Å²) in [4.78, 5) is 15.7. The molecule has 3 N–H and O–H groups in total. The van der Waals surface area contributed by atoms with E-state index in [1.165, 1.54) is 11.1 Å². The van der Waals surface area contributed by atoms with Crippen LogP contribution in [-0.2, 0) is 18.7 Å². The summed E-state index contributed by atoms with van der Waals surface area (Å²) < 4.78 is 0. The van der Waals surface area contributed by atoms with Crippen LogP contribution < -0.4 is 10.6 Å². The molecule has 1 aliphatic carbocycles. The highest BCUT2D eigenvalue weighted by Crippen LogP contribution is 2.33. The van der Waals surface area contributed by atoms with E-state index in [4.69, 9.17) is 0 Å². The second kappa shape index (κ2) is 15.0. The minimum absolute atomic E-state index is 0.148. The summed E-state index contributed by atoms with van der Waals surface area (Å²) in [6.07, 6.45) is 5.35. The third kappa shape index (κ3) is 8.34. The van der Waals surface area contributed by atoms with Gasteiger partial charge in [-0.05, 0) is 73.7 Å².